The molecule has 1 fully saturated rings. The summed E-state index contributed by atoms with van der Waals surface area (Å²) >= 11 is 0. The van der Waals surface area contributed by atoms with Gasteiger partial charge in [0.2, 0.25) is 0 Å². The minimum atomic E-state index is -0.444. The van der Waals surface area contributed by atoms with Gasteiger partial charge in [0.25, 0.3) is 0 Å². The number of piperidine rings is 1. The van der Waals surface area contributed by atoms with E-state index in [0.717, 1.165) is 6.42 Å². The van der Waals surface area contributed by atoms with E-state index in [9.17, 15) is 9.59 Å². The molecule has 4 heteroatoms. The van der Waals surface area contributed by atoms with Gasteiger partial charge in [0, 0.05) is 18.9 Å². The van der Waals surface area contributed by atoms with Crippen molar-refractivity contribution in [2.75, 3.05) is 7.11 Å². The van der Waals surface area contributed by atoms with Crippen molar-refractivity contribution in [2.45, 2.75) is 45.2 Å². The van der Waals surface area contributed by atoms with Crippen LogP contribution in [0.15, 0.2) is 0 Å². The van der Waals surface area contributed by atoms with Gasteiger partial charge in [0.15, 0.2) is 0 Å². The minimum Gasteiger partial charge on any atom is -0.468 e. The van der Waals surface area contributed by atoms with Gasteiger partial charge in [-0.15, -0.1) is 0 Å². The number of ketones is 1. The topological polar surface area (TPSA) is 55.4 Å². The van der Waals surface area contributed by atoms with Gasteiger partial charge in [-0.05, 0) is 12.3 Å². The minimum absolute atomic E-state index is 0.121. The summed E-state index contributed by atoms with van der Waals surface area (Å²) in [6.07, 6.45) is 1.71. The van der Waals surface area contributed by atoms with Crippen LogP contribution in [0.2, 0.25) is 0 Å². The van der Waals surface area contributed by atoms with Crippen LogP contribution in [0.3, 0.4) is 0 Å². The lowest BCUT2D eigenvalue weighted by molar-refractivity contribution is -0.146. The van der Waals surface area contributed by atoms with Crippen molar-refractivity contribution in [1.82, 2.24) is 5.32 Å². The molecule has 0 aromatic carbocycles. The van der Waals surface area contributed by atoms with E-state index in [1.54, 1.807) is 0 Å². The molecule has 4 nitrogen and oxygen atoms in total. The van der Waals surface area contributed by atoms with E-state index < -0.39 is 6.04 Å². The third-order valence-corrected chi connectivity index (χ3v) is 2.58. The Balaban J connectivity index is 2.55. The van der Waals surface area contributed by atoms with Crippen LogP contribution < -0.4 is 5.32 Å². The fraction of sp³-hybridized carbons (Fsp3) is 0.818. The number of hydrogen-bond donors (Lipinski definition) is 1. The summed E-state index contributed by atoms with van der Waals surface area (Å²) in [4.78, 5) is 22.7. The highest BCUT2D eigenvalue weighted by Crippen LogP contribution is 2.16. The molecule has 1 rings (SSSR count). The molecule has 2 atom stereocenters. The first-order valence-corrected chi connectivity index (χ1v) is 5.38. The van der Waals surface area contributed by atoms with Crippen molar-refractivity contribution in [1.29, 1.82) is 0 Å². The van der Waals surface area contributed by atoms with Gasteiger partial charge >= 0.3 is 5.97 Å². The van der Waals surface area contributed by atoms with Gasteiger partial charge in [-0.2, -0.15) is 0 Å². The second-order valence-electron chi connectivity index (χ2n) is 4.52. The Labute approximate surface area is 90.4 Å². The van der Waals surface area contributed by atoms with E-state index in [1.165, 1.54) is 7.11 Å². The van der Waals surface area contributed by atoms with Gasteiger partial charge in [0.05, 0.1) is 7.11 Å². The van der Waals surface area contributed by atoms with Crippen molar-refractivity contribution in [2.24, 2.45) is 5.92 Å². The van der Waals surface area contributed by atoms with Crippen LogP contribution in [0.4, 0.5) is 0 Å². The Hall–Kier alpha value is -0.900. The average molecular weight is 213 g/mol. The second kappa shape index (κ2) is 5.26. The molecule has 0 saturated carbocycles. The predicted molar refractivity (Wildman–Crippen MR) is 56.4 cm³/mol. The normalized spacial score (nSPS) is 26.8. The molecule has 86 valence electrons. The van der Waals surface area contributed by atoms with Crippen LogP contribution in [-0.4, -0.2) is 30.9 Å². The number of ether oxygens (including phenoxy) is 1. The molecule has 0 amide bonds. The summed E-state index contributed by atoms with van der Waals surface area (Å²) in [6.45, 7) is 4.21. The lowest BCUT2D eigenvalue weighted by Crippen LogP contribution is -2.50. The quantitative estimate of drug-likeness (QED) is 0.707. The highest BCUT2D eigenvalue weighted by atomic mass is 16.5. The molecule has 1 aliphatic heterocycles. The summed E-state index contributed by atoms with van der Waals surface area (Å²) in [7, 11) is 1.35. The van der Waals surface area contributed by atoms with Crippen molar-refractivity contribution in [3.05, 3.63) is 0 Å². The van der Waals surface area contributed by atoms with Gasteiger partial charge < -0.3 is 10.1 Å². The number of Topliss-reactive ketones (excluding diaryl/α,β-unsaturated/α-hetero) is 1. The van der Waals surface area contributed by atoms with E-state index in [2.05, 4.69) is 23.9 Å². The Morgan fingerprint density at radius 2 is 2.20 bits per heavy atom. The van der Waals surface area contributed by atoms with Crippen molar-refractivity contribution in [3.63, 3.8) is 0 Å². The monoisotopic (exact) mass is 213 g/mol. The maximum atomic E-state index is 11.4. The molecule has 1 aliphatic rings. The summed E-state index contributed by atoms with van der Waals surface area (Å²) in [5.41, 5.74) is 0. The molecule has 0 bridgehead atoms. The Morgan fingerprint density at radius 3 is 2.73 bits per heavy atom. The Morgan fingerprint density at radius 1 is 1.53 bits per heavy atom. The summed E-state index contributed by atoms with van der Waals surface area (Å²) in [6, 6.07) is -0.324. The lowest BCUT2D eigenvalue weighted by Gasteiger charge is -2.29. The smallest absolute Gasteiger partial charge is 0.323 e. The molecule has 0 unspecified atom stereocenters. The number of nitrogens with one attached hydrogen (secondary N) is 1. The van der Waals surface area contributed by atoms with E-state index in [1.807, 2.05) is 0 Å². The molecule has 1 N–H and O–H groups in total. The highest BCUT2D eigenvalue weighted by Gasteiger charge is 2.31. The van der Waals surface area contributed by atoms with E-state index in [0.29, 0.717) is 12.3 Å². The zero-order chi connectivity index (χ0) is 11.4. The fourth-order valence-electron chi connectivity index (χ4n) is 2.00. The first-order chi connectivity index (χ1) is 7.02. The standard InChI is InChI=1S/C11H19NO3/c1-7(2)4-8-5-9(13)6-10(12-8)11(14)15-3/h7-8,10,12H,4-6H2,1-3H3/t8-,10-/m0/s1. The van der Waals surface area contributed by atoms with E-state index in [-0.39, 0.29) is 24.2 Å². The Kier molecular flexibility index (Phi) is 4.27. The highest BCUT2D eigenvalue weighted by molar-refractivity contribution is 5.88. The molecule has 0 radical (unpaired) electrons. The number of methoxy groups -OCH3 is 1. The first-order valence-electron chi connectivity index (χ1n) is 5.38. The zero-order valence-electron chi connectivity index (χ0n) is 9.58. The van der Waals surface area contributed by atoms with Crippen LogP contribution >= 0.6 is 0 Å². The van der Waals surface area contributed by atoms with E-state index >= 15 is 0 Å². The fourth-order valence-corrected chi connectivity index (χ4v) is 2.00. The van der Waals surface area contributed by atoms with E-state index in [4.69, 9.17) is 0 Å². The second-order valence-corrected chi connectivity index (χ2v) is 4.52. The summed E-state index contributed by atoms with van der Waals surface area (Å²) in [5, 5.41) is 3.17. The van der Waals surface area contributed by atoms with Crippen LogP contribution in [0.1, 0.15) is 33.1 Å². The molecular formula is C11H19NO3. The van der Waals surface area contributed by atoms with Crippen LogP contribution in [0.25, 0.3) is 0 Å². The molecule has 0 aromatic rings. The largest absolute Gasteiger partial charge is 0.468 e. The predicted octanol–water partition coefficient (Wildman–Crippen LogP) is 0.895. The van der Waals surface area contributed by atoms with Crippen LogP contribution in [0.5, 0.6) is 0 Å². The summed E-state index contributed by atoms with van der Waals surface area (Å²) in [5.74, 6) is 0.332. The number of rotatable bonds is 3. The van der Waals surface area contributed by atoms with Gasteiger partial charge in [-0.3, -0.25) is 9.59 Å². The summed E-state index contributed by atoms with van der Waals surface area (Å²) < 4.78 is 4.64. The maximum absolute atomic E-state index is 11.4. The van der Waals surface area contributed by atoms with Crippen molar-refractivity contribution >= 4 is 11.8 Å². The van der Waals surface area contributed by atoms with Crippen molar-refractivity contribution < 1.29 is 14.3 Å². The zero-order valence-corrected chi connectivity index (χ0v) is 9.58. The SMILES string of the molecule is COC(=O)[C@@H]1CC(=O)C[C@H](CC(C)C)N1. The average Bonchev–Trinajstić information content (AvgIpc) is 2.14. The van der Waals surface area contributed by atoms with Crippen LogP contribution in [-0.2, 0) is 14.3 Å². The number of hydrogen-bond acceptors (Lipinski definition) is 4. The molecule has 1 heterocycles. The molecule has 15 heavy (non-hydrogen) atoms. The molecule has 0 aliphatic carbocycles. The number of esters is 1. The van der Waals surface area contributed by atoms with Gasteiger partial charge in [-0.1, -0.05) is 13.8 Å². The van der Waals surface area contributed by atoms with Gasteiger partial charge in [0.1, 0.15) is 11.8 Å². The third-order valence-electron chi connectivity index (χ3n) is 2.58. The molecule has 1 saturated heterocycles. The Bertz CT molecular complexity index is 250. The third kappa shape index (κ3) is 3.63. The molecule has 0 aromatic heterocycles. The number of carbonyl (C=O) groups is 2. The first kappa shape index (κ1) is 12.2. The number of carbonyl (C=O) groups excluding carboxylic acids is 2. The van der Waals surface area contributed by atoms with Crippen LogP contribution in [0, 0.1) is 5.92 Å². The lowest BCUT2D eigenvalue weighted by atomic mass is 9.92. The van der Waals surface area contributed by atoms with Crippen molar-refractivity contribution in [3.8, 4) is 0 Å². The maximum Gasteiger partial charge on any atom is 0.323 e. The molecule has 0 spiro atoms. The van der Waals surface area contributed by atoms with Gasteiger partial charge in [-0.25, -0.2) is 0 Å². The molecular weight excluding hydrogens is 194 g/mol.